The Kier molecular flexibility index (Phi) is 7.01. The van der Waals surface area contributed by atoms with Gasteiger partial charge in [-0.15, -0.1) is 0 Å². The van der Waals surface area contributed by atoms with E-state index in [-0.39, 0.29) is 13.8 Å². The normalized spacial score (nSPS) is 23.6. The Labute approximate surface area is 125 Å². The van der Waals surface area contributed by atoms with Gasteiger partial charge in [0, 0.05) is 7.85 Å². The first-order chi connectivity index (χ1) is 9.79. The number of nitrogens with one attached hydrogen (secondary N) is 1. The summed E-state index contributed by atoms with van der Waals surface area (Å²) in [5, 5.41) is 12.4. The Morgan fingerprint density at radius 3 is 2.50 bits per heavy atom. The highest BCUT2D eigenvalue weighted by Gasteiger charge is 2.27. The highest BCUT2D eigenvalue weighted by atomic mass is 16.3. The Morgan fingerprint density at radius 2 is 1.85 bits per heavy atom. The minimum Gasteiger partial charge on any atom is -0.389 e. The molecule has 0 bridgehead atoms. The van der Waals surface area contributed by atoms with E-state index < -0.39 is 0 Å². The molecule has 2 rings (SSSR count). The molecule has 2 aliphatic rings. The Balaban J connectivity index is 0.00000220. The number of piperidine rings is 1. The van der Waals surface area contributed by atoms with Crippen molar-refractivity contribution in [2.75, 3.05) is 19.7 Å². The van der Waals surface area contributed by atoms with Gasteiger partial charge in [0.1, 0.15) is 6.61 Å². The van der Waals surface area contributed by atoms with Crippen LogP contribution in [0.5, 0.6) is 0 Å². The summed E-state index contributed by atoms with van der Waals surface area (Å²) < 4.78 is 0. The van der Waals surface area contributed by atoms with Crippen LogP contribution in [0.4, 0.5) is 0 Å². The largest absolute Gasteiger partial charge is 0.389 e. The van der Waals surface area contributed by atoms with Gasteiger partial charge in [0.05, 0.1) is 0 Å². The van der Waals surface area contributed by atoms with Crippen LogP contribution in [0.25, 0.3) is 0 Å². The lowest BCUT2D eigenvalue weighted by Gasteiger charge is -2.34. The van der Waals surface area contributed by atoms with Crippen LogP contribution in [0.15, 0.2) is 0 Å². The van der Waals surface area contributed by atoms with Gasteiger partial charge < -0.3 is 10.4 Å². The molecular formula is C17H33NO2. The minimum atomic E-state index is -0.273. The fraction of sp³-hybridized carbons (Fsp3) is 0.941. The summed E-state index contributed by atoms with van der Waals surface area (Å²) in [4.78, 5) is 11.4. The second-order valence-electron chi connectivity index (χ2n) is 6.82. The number of aliphatic hydroxyl groups excluding tert-OH is 1. The van der Waals surface area contributed by atoms with E-state index in [4.69, 9.17) is 5.11 Å². The maximum absolute atomic E-state index is 11.4. The molecule has 0 spiro atoms. The molecular weight excluding hydrogens is 250 g/mol. The SMILES string of the molecule is O=C(CO)CCC(CC1CCNCC1)C1CCCCC1.[HH]. The summed E-state index contributed by atoms with van der Waals surface area (Å²) in [5.74, 6) is 2.43. The standard InChI is InChI=1S/C17H31NO2.H2/c19-13-17(20)7-6-16(15-4-2-1-3-5-15)12-14-8-10-18-11-9-14;/h14-16,18-19H,1-13H2;1H. The van der Waals surface area contributed by atoms with Crippen molar-refractivity contribution in [2.45, 2.75) is 64.2 Å². The smallest absolute Gasteiger partial charge is 0.158 e. The molecule has 0 aromatic rings. The molecule has 0 aromatic carbocycles. The van der Waals surface area contributed by atoms with Crippen molar-refractivity contribution in [3.63, 3.8) is 0 Å². The summed E-state index contributed by atoms with van der Waals surface area (Å²) in [6, 6.07) is 0. The summed E-state index contributed by atoms with van der Waals surface area (Å²) in [6.45, 7) is 2.06. The van der Waals surface area contributed by atoms with Crippen LogP contribution in [-0.4, -0.2) is 30.6 Å². The first kappa shape index (κ1) is 16.0. The van der Waals surface area contributed by atoms with E-state index in [1.54, 1.807) is 0 Å². The van der Waals surface area contributed by atoms with Gasteiger partial charge in [0.2, 0.25) is 0 Å². The lowest BCUT2D eigenvalue weighted by atomic mass is 9.73. The fourth-order valence-electron chi connectivity index (χ4n) is 4.12. The summed E-state index contributed by atoms with van der Waals surface area (Å²) in [5.41, 5.74) is 0. The zero-order valence-corrected chi connectivity index (χ0v) is 12.8. The van der Waals surface area contributed by atoms with Gasteiger partial charge in [-0.2, -0.15) is 0 Å². The quantitative estimate of drug-likeness (QED) is 0.754. The molecule has 3 nitrogen and oxygen atoms in total. The lowest BCUT2D eigenvalue weighted by Crippen LogP contribution is -2.30. The molecule has 0 aromatic heterocycles. The average Bonchev–Trinajstić information content (AvgIpc) is 2.53. The van der Waals surface area contributed by atoms with Crippen molar-refractivity contribution in [1.29, 1.82) is 0 Å². The van der Waals surface area contributed by atoms with Gasteiger partial charge in [-0.3, -0.25) is 4.79 Å². The third-order valence-electron chi connectivity index (χ3n) is 5.38. The molecule has 118 valence electrons. The number of carbonyl (C=O) groups excluding carboxylic acids is 1. The van der Waals surface area contributed by atoms with Gasteiger partial charge in [-0.1, -0.05) is 32.1 Å². The van der Waals surface area contributed by atoms with Gasteiger partial charge in [-0.05, 0) is 56.5 Å². The number of aliphatic hydroxyl groups is 1. The molecule has 1 heterocycles. The maximum atomic E-state index is 11.4. The van der Waals surface area contributed by atoms with E-state index in [9.17, 15) is 4.79 Å². The van der Waals surface area contributed by atoms with E-state index in [1.807, 2.05) is 0 Å². The van der Waals surface area contributed by atoms with E-state index >= 15 is 0 Å². The monoisotopic (exact) mass is 283 g/mol. The number of hydrogen-bond donors (Lipinski definition) is 2. The van der Waals surface area contributed by atoms with Crippen molar-refractivity contribution in [3.8, 4) is 0 Å². The molecule has 1 saturated heterocycles. The van der Waals surface area contributed by atoms with Gasteiger partial charge in [0.15, 0.2) is 5.78 Å². The van der Waals surface area contributed by atoms with Crippen molar-refractivity contribution in [2.24, 2.45) is 17.8 Å². The molecule has 1 saturated carbocycles. The number of hydrogen-bond acceptors (Lipinski definition) is 3. The highest BCUT2D eigenvalue weighted by Crippen LogP contribution is 2.37. The molecule has 1 aliphatic carbocycles. The molecule has 2 N–H and O–H groups in total. The van der Waals surface area contributed by atoms with Gasteiger partial charge >= 0.3 is 0 Å². The van der Waals surface area contributed by atoms with E-state index in [0.717, 1.165) is 31.3 Å². The topological polar surface area (TPSA) is 49.3 Å². The van der Waals surface area contributed by atoms with E-state index in [2.05, 4.69) is 5.32 Å². The molecule has 2 fully saturated rings. The van der Waals surface area contributed by atoms with E-state index in [0.29, 0.717) is 12.3 Å². The zero-order valence-electron chi connectivity index (χ0n) is 12.8. The Bertz CT molecular complexity index is 287. The van der Waals surface area contributed by atoms with Gasteiger partial charge in [-0.25, -0.2) is 0 Å². The summed E-state index contributed by atoms with van der Waals surface area (Å²) in [7, 11) is 0. The first-order valence-corrected chi connectivity index (χ1v) is 8.63. The first-order valence-electron chi connectivity index (χ1n) is 8.63. The van der Waals surface area contributed by atoms with Crippen LogP contribution in [0.2, 0.25) is 0 Å². The second-order valence-corrected chi connectivity index (χ2v) is 6.82. The lowest BCUT2D eigenvalue weighted by molar-refractivity contribution is -0.122. The van der Waals surface area contributed by atoms with Gasteiger partial charge in [0.25, 0.3) is 0 Å². The van der Waals surface area contributed by atoms with Crippen molar-refractivity contribution in [3.05, 3.63) is 0 Å². The predicted octanol–water partition coefficient (Wildman–Crippen LogP) is 3.16. The molecule has 0 amide bonds. The van der Waals surface area contributed by atoms with Crippen LogP contribution in [-0.2, 0) is 4.79 Å². The molecule has 3 heteroatoms. The Hall–Kier alpha value is -0.410. The number of Topliss-reactive ketones (excluding diaryl/α,β-unsaturated/α-hetero) is 1. The average molecular weight is 283 g/mol. The second kappa shape index (κ2) is 8.78. The van der Waals surface area contributed by atoms with Crippen LogP contribution in [0, 0.1) is 17.8 Å². The maximum Gasteiger partial charge on any atom is 0.158 e. The van der Waals surface area contributed by atoms with E-state index in [1.165, 1.54) is 51.4 Å². The van der Waals surface area contributed by atoms with Crippen LogP contribution in [0.1, 0.15) is 65.6 Å². The van der Waals surface area contributed by atoms with Crippen molar-refractivity contribution >= 4 is 5.78 Å². The molecule has 1 atom stereocenters. The number of carbonyl (C=O) groups is 1. The van der Waals surface area contributed by atoms with Crippen LogP contribution >= 0.6 is 0 Å². The summed E-state index contributed by atoms with van der Waals surface area (Å²) in [6.07, 6.45) is 12.4. The van der Waals surface area contributed by atoms with Crippen molar-refractivity contribution in [1.82, 2.24) is 5.32 Å². The Morgan fingerprint density at radius 1 is 1.15 bits per heavy atom. The third kappa shape index (κ3) is 5.17. The fourth-order valence-corrected chi connectivity index (χ4v) is 4.12. The van der Waals surface area contributed by atoms with Crippen LogP contribution < -0.4 is 5.32 Å². The number of ketones is 1. The molecule has 20 heavy (non-hydrogen) atoms. The van der Waals surface area contributed by atoms with Crippen molar-refractivity contribution < 1.29 is 11.3 Å². The molecule has 1 aliphatic heterocycles. The summed E-state index contributed by atoms with van der Waals surface area (Å²) >= 11 is 0. The molecule has 0 radical (unpaired) electrons. The van der Waals surface area contributed by atoms with Crippen LogP contribution in [0.3, 0.4) is 0 Å². The highest BCUT2D eigenvalue weighted by molar-refractivity contribution is 5.79. The third-order valence-corrected chi connectivity index (χ3v) is 5.38. The minimum absolute atomic E-state index is 0. The predicted molar refractivity (Wildman–Crippen MR) is 83.7 cm³/mol. The molecule has 1 unspecified atom stereocenters. The zero-order chi connectivity index (χ0) is 14.2. The number of rotatable bonds is 7.